The van der Waals surface area contributed by atoms with Crippen LogP contribution in [0, 0.1) is 10.1 Å². The number of aromatic nitrogens is 3. The summed E-state index contributed by atoms with van der Waals surface area (Å²) in [4.78, 5) is 34.6. The third-order valence-electron chi connectivity index (χ3n) is 3.76. The molecule has 31 heavy (non-hydrogen) atoms. The first-order valence-electron chi connectivity index (χ1n) is 8.69. The third kappa shape index (κ3) is 6.14. The second kappa shape index (κ2) is 10.4. The number of rotatable bonds is 9. The van der Waals surface area contributed by atoms with Crippen molar-refractivity contribution in [1.29, 1.82) is 0 Å². The number of carbonyl (C=O) groups excluding carboxylic acids is 1. The fourth-order valence-corrected chi connectivity index (χ4v) is 2.82. The van der Waals surface area contributed by atoms with Crippen molar-refractivity contribution < 1.29 is 14.5 Å². The van der Waals surface area contributed by atoms with E-state index in [0.717, 1.165) is 11.9 Å². The van der Waals surface area contributed by atoms with E-state index in [2.05, 4.69) is 31.1 Å². The minimum atomic E-state index is -0.663. The van der Waals surface area contributed by atoms with Gasteiger partial charge in [-0.1, -0.05) is 29.3 Å². The smallest absolute Gasteiger partial charge is 0.354 e. The molecule has 0 aliphatic heterocycles. The van der Waals surface area contributed by atoms with Gasteiger partial charge in [-0.2, -0.15) is 0 Å². The number of hydrogen-bond donors (Lipinski definition) is 3. The van der Waals surface area contributed by atoms with Crippen LogP contribution >= 0.6 is 23.2 Å². The molecule has 0 saturated heterocycles. The molecule has 3 rings (SSSR count). The van der Waals surface area contributed by atoms with Gasteiger partial charge in [-0.3, -0.25) is 30.7 Å². The van der Waals surface area contributed by atoms with Gasteiger partial charge in [-0.25, -0.2) is 9.97 Å². The minimum Gasteiger partial charge on any atom is -0.482 e. The lowest BCUT2D eigenvalue weighted by molar-refractivity contribution is -0.383. The molecule has 0 radical (unpaired) electrons. The van der Waals surface area contributed by atoms with Crippen LogP contribution in [0.5, 0.6) is 5.75 Å². The van der Waals surface area contributed by atoms with Gasteiger partial charge in [0.05, 0.1) is 9.95 Å². The van der Waals surface area contributed by atoms with Crippen LogP contribution in [-0.4, -0.2) is 32.4 Å². The summed E-state index contributed by atoms with van der Waals surface area (Å²) >= 11 is 11.8. The summed E-state index contributed by atoms with van der Waals surface area (Å²) in [5, 5.41) is 15.1. The summed E-state index contributed by atoms with van der Waals surface area (Å²) in [6, 6.07) is 8.09. The molecule has 1 aromatic carbocycles. The molecule has 2 heterocycles. The van der Waals surface area contributed by atoms with Crippen molar-refractivity contribution in [3.05, 3.63) is 74.8 Å². The van der Waals surface area contributed by atoms with Gasteiger partial charge in [0.15, 0.2) is 6.61 Å². The summed E-state index contributed by atoms with van der Waals surface area (Å²) in [5.74, 6) is -0.587. The summed E-state index contributed by atoms with van der Waals surface area (Å²) in [7, 11) is 0. The average molecular weight is 464 g/mol. The fraction of sp³-hybridized carbons (Fsp3) is 0.111. The van der Waals surface area contributed by atoms with Gasteiger partial charge < -0.3 is 10.1 Å². The molecule has 1 amide bonds. The molecule has 3 aromatic rings. The second-order valence-corrected chi connectivity index (χ2v) is 6.77. The first-order chi connectivity index (χ1) is 14.9. The number of anilines is 2. The number of carbonyl (C=O) groups is 1. The first-order valence-corrected chi connectivity index (χ1v) is 9.44. The normalized spacial score (nSPS) is 10.3. The highest BCUT2D eigenvalue weighted by Crippen LogP contribution is 2.29. The Balaban J connectivity index is 1.62. The van der Waals surface area contributed by atoms with E-state index in [1.165, 1.54) is 12.1 Å². The molecule has 0 aliphatic carbocycles. The number of nitrogens with zero attached hydrogens (tertiary/aromatic N) is 4. The number of benzene rings is 1. The van der Waals surface area contributed by atoms with E-state index in [-0.39, 0.29) is 29.0 Å². The quantitative estimate of drug-likeness (QED) is 0.321. The molecule has 0 aliphatic rings. The predicted molar refractivity (Wildman–Crippen MR) is 114 cm³/mol. The van der Waals surface area contributed by atoms with Gasteiger partial charge in [-0.05, 0) is 29.8 Å². The summed E-state index contributed by atoms with van der Waals surface area (Å²) in [6.07, 6.45) is 4.36. The van der Waals surface area contributed by atoms with E-state index >= 15 is 0 Å². The SMILES string of the molecule is O=C(COc1ccc(Cl)cc1Cl)NNc1ncnc(NCc2cccnc2)c1[N+](=O)[O-]. The lowest BCUT2D eigenvalue weighted by atomic mass is 10.3. The van der Waals surface area contributed by atoms with Crippen molar-refractivity contribution in [2.24, 2.45) is 0 Å². The second-order valence-electron chi connectivity index (χ2n) is 5.93. The third-order valence-corrected chi connectivity index (χ3v) is 4.29. The molecule has 3 N–H and O–H groups in total. The summed E-state index contributed by atoms with van der Waals surface area (Å²) < 4.78 is 5.30. The number of nitrogens with one attached hydrogen (secondary N) is 3. The Morgan fingerprint density at radius 1 is 1.19 bits per heavy atom. The predicted octanol–water partition coefficient (Wildman–Crippen LogP) is 3.22. The van der Waals surface area contributed by atoms with E-state index in [4.69, 9.17) is 27.9 Å². The number of nitro groups is 1. The molecule has 160 valence electrons. The van der Waals surface area contributed by atoms with E-state index in [1.54, 1.807) is 30.6 Å². The van der Waals surface area contributed by atoms with Gasteiger partial charge in [-0.15, -0.1) is 0 Å². The number of halogens is 2. The van der Waals surface area contributed by atoms with E-state index in [0.29, 0.717) is 5.02 Å². The van der Waals surface area contributed by atoms with Crippen molar-refractivity contribution in [3.8, 4) is 5.75 Å². The van der Waals surface area contributed by atoms with Gasteiger partial charge in [0.2, 0.25) is 11.6 Å². The van der Waals surface area contributed by atoms with E-state index in [9.17, 15) is 14.9 Å². The van der Waals surface area contributed by atoms with Crippen molar-refractivity contribution in [2.75, 3.05) is 17.3 Å². The molecule has 11 nitrogen and oxygen atoms in total. The highest BCUT2D eigenvalue weighted by Gasteiger charge is 2.23. The molecule has 13 heteroatoms. The van der Waals surface area contributed by atoms with Crippen LogP contribution in [0.2, 0.25) is 10.0 Å². The lowest BCUT2D eigenvalue weighted by Gasteiger charge is -2.12. The molecule has 0 fully saturated rings. The number of ether oxygens (including phenoxy) is 1. The highest BCUT2D eigenvalue weighted by molar-refractivity contribution is 6.35. The Labute approximate surface area is 185 Å². The van der Waals surface area contributed by atoms with Gasteiger partial charge in [0, 0.05) is 24.0 Å². The van der Waals surface area contributed by atoms with E-state index < -0.39 is 23.1 Å². The minimum absolute atomic E-state index is 0.0233. The zero-order valence-corrected chi connectivity index (χ0v) is 17.2. The van der Waals surface area contributed by atoms with Crippen LogP contribution in [-0.2, 0) is 11.3 Å². The standard InChI is InChI=1S/C18H15Cl2N7O4/c19-12-3-4-14(13(20)6-12)31-9-15(28)25-26-18-16(27(29)30)17(23-10-24-18)22-8-11-2-1-5-21-7-11/h1-7,10H,8-9H2,(H,25,28)(H2,22,23,24,26). The molecule has 2 aromatic heterocycles. The molecule has 0 spiro atoms. The summed E-state index contributed by atoms with van der Waals surface area (Å²) in [5.41, 5.74) is 5.06. The maximum atomic E-state index is 12.0. The van der Waals surface area contributed by atoms with Crippen molar-refractivity contribution >= 4 is 46.4 Å². The molecule has 0 atom stereocenters. The topological polar surface area (TPSA) is 144 Å². The Kier molecular flexibility index (Phi) is 7.35. The average Bonchev–Trinajstić information content (AvgIpc) is 2.76. The monoisotopic (exact) mass is 463 g/mol. The molecule has 0 bridgehead atoms. The van der Waals surface area contributed by atoms with Crippen LogP contribution in [0.3, 0.4) is 0 Å². The molecular weight excluding hydrogens is 449 g/mol. The largest absolute Gasteiger partial charge is 0.482 e. The molecular formula is C18H15Cl2N7O4. The molecule has 0 saturated carbocycles. The number of hydrogen-bond acceptors (Lipinski definition) is 9. The highest BCUT2D eigenvalue weighted by atomic mass is 35.5. The van der Waals surface area contributed by atoms with Crippen molar-refractivity contribution in [2.45, 2.75) is 6.54 Å². The lowest BCUT2D eigenvalue weighted by Crippen LogP contribution is -2.34. The summed E-state index contributed by atoms with van der Waals surface area (Å²) in [6.45, 7) is -0.146. The Morgan fingerprint density at radius 2 is 2.00 bits per heavy atom. The Morgan fingerprint density at radius 3 is 2.71 bits per heavy atom. The maximum Gasteiger partial charge on any atom is 0.354 e. The fourth-order valence-electron chi connectivity index (χ4n) is 2.36. The van der Waals surface area contributed by atoms with Gasteiger partial charge >= 0.3 is 5.69 Å². The maximum absolute atomic E-state index is 12.0. The van der Waals surface area contributed by atoms with Crippen LogP contribution in [0.4, 0.5) is 17.3 Å². The van der Waals surface area contributed by atoms with Gasteiger partial charge in [0.1, 0.15) is 12.1 Å². The zero-order valence-electron chi connectivity index (χ0n) is 15.7. The number of hydrazine groups is 1. The van der Waals surface area contributed by atoms with Crippen LogP contribution < -0.4 is 20.9 Å². The van der Waals surface area contributed by atoms with Crippen molar-refractivity contribution in [1.82, 2.24) is 20.4 Å². The Bertz CT molecular complexity index is 1090. The van der Waals surface area contributed by atoms with Crippen LogP contribution in [0.15, 0.2) is 49.1 Å². The van der Waals surface area contributed by atoms with E-state index in [1.807, 2.05) is 0 Å². The van der Waals surface area contributed by atoms with Crippen LogP contribution in [0.25, 0.3) is 0 Å². The first kappa shape index (κ1) is 22.0. The van der Waals surface area contributed by atoms with Crippen molar-refractivity contribution in [3.63, 3.8) is 0 Å². The van der Waals surface area contributed by atoms with Crippen LogP contribution in [0.1, 0.15) is 5.56 Å². The zero-order chi connectivity index (χ0) is 22.2. The number of pyridine rings is 1. The Hall–Kier alpha value is -3.70. The van der Waals surface area contributed by atoms with Gasteiger partial charge in [0.25, 0.3) is 5.91 Å². The molecule has 0 unspecified atom stereocenters. The number of amides is 1.